The largest absolute Gasteiger partial charge is 0.360 e. The van der Waals surface area contributed by atoms with Gasteiger partial charge in [-0.15, -0.1) is 10.2 Å². The maximum absolute atomic E-state index is 13.7. The summed E-state index contributed by atoms with van der Waals surface area (Å²) in [6.45, 7) is 2.67. The van der Waals surface area contributed by atoms with Crippen LogP contribution in [0.25, 0.3) is 22.3 Å². The van der Waals surface area contributed by atoms with Crippen molar-refractivity contribution in [3.05, 3.63) is 60.5 Å². The molecule has 0 radical (unpaired) electrons. The first-order valence-electron chi connectivity index (χ1n) is 8.84. The van der Waals surface area contributed by atoms with Gasteiger partial charge in [-0.1, -0.05) is 42.1 Å². The van der Waals surface area contributed by atoms with Crippen molar-refractivity contribution in [2.75, 3.05) is 11.1 Å². The highest BCUT2D eigenvalue weighted by Gasteiger charge is 2.17. The molecule has 4 aromatic rings. The Hall–Kier alpha value is -3.13. The Morgan fingerprint density at radius 3 is 2.79 bits per heavy atom. The Bertz CT molecular complexity index is 1140. The normalized spacial score (nSPS) is 11.1. The van der Waals surface area contributed by atoms with Gasteiger partial charge in [0.15, 0.2) is 11.0 Å². The number of anilines is 1. The molecule has 142 valence electrons. The number of thioether (sulfide) groups is 1. The molecule has 0 aliphatic carbocycles. The van der Waals surface area contributed by atoms with Crippen LogP contribution in [0.5, 0.6) is 0 Å². The SMILES string of the molecule is CCn1c(SCC(=O)Nc2ccccc2F)nnc1-c1c[nH]c2ccccc12. The zero-order chi connectivity index (χ0) is 19.5. The first kappa shape index (κ1) is 18.2. The van der Waals surface area contributed by atoms with Gasteiger partial charge in [0.1, 0.15) is 5.82 Å². The Kier molecular flexibility index (Phi) is 5.12. The Morgan fingerprint density at radius 1 is 1.18 bits per heavy atom. The molecule has 0 saturated carbocycles. The van der Waals surface area contributed by atoms with E-state index in [1.807, 2.05) is 42.0 Å². The molecule has 28 heavy (non-hydrogen) atoms. The lowest BCUT2D eigenvalue weighted by atomic mass is 10.1. The summed E-state index contributed by atoms with van der Waals surface area (Å²) in [7, 11) is 0. The standard InChI is InChI=1S/C20H18FN5OS/c1-2-26-19(14-11-22-16-9-5-3-7-13(14)16)24-25-20(26)28-12-18(27)23-17-10-6-4-8-15(17)21/h3-11,22H,2,12H2,1H3,(H,23,27). The van der Waals surface area contributed by atoms with Crippen molar-refractivity contribution in [2.45, 2.75) is 18.6 Å². The van der Waals surface area contributed by atoms with Gasteiger partial charge in [0.05, 0.1) is 11.4 Å². The summed E-state index contributed by atoms with van der Waals surface area (Å²) in [6, 6.07) is 14.1. The molecule has 0 bridgehead atoms. The van der Waals surface area contributed by atoms with Crippen molar-refractivity contribution in [1.29, 1.82) is 0 Å². The fourth-order valence-electron chi connectivity index (χ4n) is 3.02. The molecular weight excluding hydrogens is 377 g/mol. The van der Waals surface area contributed by atoms with Crippen molar-refractivity contribution in [3.8, 4) is 11.4 Å². The van der Waals surface area contributed by atoms with Crippen molar-refractivity contribution in [1.82, 2.24) is 19.7 Å². The second kappa shape index (κ2) is 7.85. The van der Waals surface area contributed by atoms with Crippen LogP contribution in [0.2, 0.25) is 0 Å². The minimum absolute atomic E-state index is 0.111. The predicted molar refractivity (Wildman–Crippen MR) is 109 cm³/mol. The number of para-hydroxylation sites is 2. The van der Waals surface area contributed by atoms with E-state index >= 15 is 0 Å². The lowest BCUT2D eigenvalue weighted by molar-refractivity contribution is -0.113. The predicted octanol–water partition coefficient (Wildman–Crippen LogP) is 4.32. The molecule has 4 rings (SSSR count). The number of aromatic amines is 1. The van der Waals surface area contributed by atoms with Crippen LogP contribution in [0.4, 0.5) is 10.1 Å². The molecule has 0 aliphatic rings. The smallest absolute Gasteiger partial charge is 0.234 e. The van der Waals surface area contributed by atoms with E-state index in [1.165, 1.54) is 23.9 Å². The maximum Gasteiger partial charge on any atom is 0.234 e. The highest BCUT2D eigenvalue weighted by atomic mass is 32.2. The summed E-state index contributed by atoms with van der Waals surface area (Å²) in [6.07, 6.45) is 1.92. The van der Waals surface area contributed by atoms with Gasteiger partial charge in [0, 0.05) is 29.2 Å². The van der Waals surface area contributed by atoms with E-state index in [1.54, 1.807) is 12.1 Å². The second-order valence-corrected chi connectivity index (χ2v) is 7.06. The van der Waals surface area contributed by atoms with Crippen LogP contribution < -0.4 is 5.32 Å². The molecule has 2 aromatic heterocycles. The Morgan fingerprint density at radius 2 is 1.96 bits per heavy atom. The number of fused-ring (bicyclic) bond motifs is 1. The van der Waals surface area contributed by atoms with Gasteiger partial charge in [-0.05, 0) is 25.1 Å². The molecule has 0 spiro atoms. The van der Waals surface area contributed by atoms with Crippen LogP contribution in [-0.4, -0.2) is 31.4 Å². The number of H-pyrrole nitrogens is 1. The maximum atomic E-state index is 13.7. The lowest BCUT2D eigenvalue weighted by Gasteiger charge is -2.08. The molecule has 6 nitrogen and oxygen atoms in total. The Balaban J connectivity index is 1.52. The van der Waals surface area contributed by atoms with Crippen LogP contribution >= 0.6 is 11.8 Å². The quantitative estimate of drug-likeness (QED) is 0.477. The van der Waals surface area contributed by atoms with Gasteiger partial charge in [-0.3, -0.25) is 4.79 Å². The molecule has 2 N–H and O–H groups in total. The molecule has 0 atom stereocenters. The minimum atomic E-state index is -0.459. The summed E-state index contributed by atoms with van der Waals surface area (Å²) >= 11 is 1.27. The van der Waals surface area contributed by atoms with Gasteiger partial charge in [0.25, 0.3) is 0 Å². The summed E-state index contributed by atoms with van der Waals surface area (Å²) in [4.78, 5) is 15.4. The van der Waals surface area contributed by atoms with E-state index in [-0.39, 0.29) is 17.3 Å². The number of hydrogen-bond acceptors (Lipinski definition) is 4. The van der Waals surface area contributed by atoms with Gasteiger partial charge < -0.3 is 14.9 Å². The summed E-state index contributed by atoms with van der Waals surface area (Å²) in [5.74, 6) is 0.103. The number of rotatable bonds is 6. The first-order valence-corrected chi connectivity index (χ1v) is 9.82. The third-order valence-corrected chi connectivity index (χ3v) is 5.31. The summed E-state index contributed by atoms with van der Waals surface area (Å²) in [5, 5.41) is 12.9. The second-order valence-electron chi connectivity index (χ2n) is 6.12. The highest BCUT2D eigenvalue weighted by molar-refractivity contribution is 7.99. The van der Waals surface area contributed by atoms with Crippen molar-refractivity contribution in [2.24, 2.45) is 0 Å². The zero-order valence-corrected chi connectivity index (χ0v) is 16.0. The van der Waals surface area contributed by atoms with E-state index in [9.17, 15) is 9.18 Å². The number of aromatic nitrogens is 4. The fourth-order valence-corrected chi connectivity index (χ4v) is 3.82. The van der Waals surface area contributed by atoms with Crippen LogP contribution in [-0.2, 0) is 11.3 Å². The van der Waals surface area contributed by atoms with Gasteiger partial charge >= 0.3 is 0 Å². The number of carbonyl (C=O) groups excluding carboxylic acids is 1. The van der Waals surface area contributed by atoms with Crippen LogP contribution in [0, 0.1) is 5.82 Å². The average molecular weight is 395 g/mol. The van der Waals surface area contributed by atoms with E-state index in [0.29, 0.717) is 11.7 Å². The average Bonchev–Trinajstić information content (AvgIpc) is 3.31. The Labute approximate surface area is 165 Å². The van der Waals surface area contributed by atoms with Crippen LogP contribution in [0.15, 0.2) is 59.9 Å². The molecule has 0 saturated heterocycles. The molecule has 2 heterocycles. The molecule has 8 heteroatoms. The topological polar surface area (TPSA) is 75.6 Å². The van der Waals surface area contributed by atoms with Gasteiger partial charge in [-0.2, -0.15) is 0 Å². The third kappa shape index (κ3) is 3.50. The molecule has 1 amide bonds. The van der Waals surface area contributed by atoms with Crippen LogP contribution in [0.3, 0.4) is 0 Å². The van der Waals surface area contributed by atoms with E-state index in [0.717, 1.165) is 22.3 Å². The van der Waals surface area contributed by atoms with Crippen molar-refractivity contribution < 1.29 is 9.18 Å². The number of halogens is 1. The summed E-state index contributed by atoms with van der Waals surface area (Å²) in [5.41, 5.74) is 2.17. The number of amides is 1. The first-order chi connectivity index (χ1) is 13.7. The summed E-state index contributed by atoms with van der Waals surface area (Å²) < 4.78 is 15.6. The monoisotopic (exact) mass is 395 g/mol. The number of carbonyl (C=O) groups is 1. The zero-order valence-electron chi connectivity index (χ0n) is 15.1. The van der Waals surface area contributed by atoms with Crippen molar-refractivity contribution in [3.63, 3.8) is 0 Å². The van der Waals surface area contributed by atoms with Gasteiger partial charge in [-0.25, -0.2) is 4.39 Å². The molecule has 0 fully saturated rings. The third-order valence-electron chi connectivity index (χ3n) is 4.34. The number of benzene rings is 2. The van der Waals surface area contributed by atoms with Gasteiger partial charge in [0.2, 0.25) is 5.91 Å². The van der Waals surface area contributed by atoms with Crippen molar-refractivity contribution >= 4 is 34.3 Å². The minimum Gasteiger partial charge on any atom is -0.360 e. The highest BCUT2D eigenvalue weighted by Crippen LogP contribution is 2.30. The molecule has 0 aliphatic heterocycles. The van der Waals surface area contributed by atoms with E-state index < -0.39 is 5.82 Å². The fraction of sp³-hybridized carbons (Fsp3) is 0.150. The number of nitrogens with zero attached hydrogens (tertiary/aromatic N) is 3. The molecule has 2 aromatic carbocycles. The van der Waals surface area contributed by atoms with E-state index in [2.05, 4.69) is 20.5 Å². The number of hydrogen-bond donors (Lipinski definition) is 2. The van der Waals surface area contributed by atoms with E-state index in [4.69, 9.17) is 0 Å². The lowest BCUT2D eigenvalue weighted by Crippen LogP contribution is -2.15. The number of nitrogens with one attached hydrogen (secondary N) is 2. The molecular formula is C20H18FN5OS. The van der Waals surface area contributed by atoms with Crippen LogP contribution in [0.1, 0.15) is 6.92 Å². The molecule has 0 unspecified atom stereocenters.